The number of hydrogen-bond acceptors (Lipinski definition) is 4. The van der Waals surface area contributed by atoms with Crippen LogP contribution in [0, 0.1) is 6.92 Å². The van der Waals surface area contributed by atoms with Gasteiger partial charge in [0.25, 0.3) is 0 Å². The van der Waals surface area contributed by atoms with Crippen molar-refractivity contribution in [1.82, 2.24) is 15.2 Å². The van der Waals surface area contributed by atoms with Crippen molar-refractivity contribution in [1.29, 1.82) is 0 Å². The van der Waals surface area contributed by atoms with E-state index in [0.717, 1.165) is 12.1 Å². The van der Waals surface area contributed by atoms with Crippen molar-refractivity contribution in [2.45, 2.75) is 57.5 Å². The summed E-state index contributed by atoms with van der Waals surface area (Å²) in [7, 11) is 0. The maximum absolute atomic E-state index is 5.75. The molecule has 114 valence electrons. The lowest BCUT2D eigenvalue weighted by atomic mass is 9.96. The first kappa shape index (κ1) is 14.8. The molecule has 0 saturated heterocycles. The van der Waals surface area contributed by atoms with E-state index < -0.39 is 0 Å². The van der Waals surface area contributed by atoms with Gasteiger partial charge in [-0.15, -0.1) is 0 Å². The fourth-order valence-electron chi connectivity index (χ4n) is 3.23. The molecule has 0 aliphatic heterocycles. The molecular weight excluding hydrogens is 280 g/mol. The van der Waals surface area contributed by atoms with Gasteiger partial charge in [0.05, 0.1) is 17.8 Å². The van der Waals surface area contributed by atoms with Crippen LogP contribution in [0.5, 0.6) is 0 Å². The van der Waals surface area contributed by atoms with Crippen molar-refractivity contribution in [2.24, 2.45) is 5.84 Å². The predicted molar refractivity (Wildman–Crippen MR) is 87.2 cm³/mol. The van der Waals surface area contributed by atoms with E-state index in [1.54, 1.807) is 11.3 Å². The van der Waals surface area contributed by atoms with Crippen LogP contribution in [0.4, 0.5) is 0 Å². The Morgan fingerprint density at radius 3 is 2.86 bits per heavy atom. The van der Waals surface area contributed by atoms with Gasteiger partial charge in [-0.2, -0.15) is 16.4 Å². The molecule has 1 unspecified atom stereocenters. The van der Waals surface area contributed by atoms with Crippen LogP contribution in [0.2, 0.25) is 0 Å². The molecule has 2 heterocycles. The van der Waals surface area contributed by atoms with E-state index >= 15 is 0 Å². The van der Waals surface area contributed by atoms with E-state index in [0.29, 0.717) is 6.04 Å². The number of aryl methyl sites for hydroxylation is 1. The quantitative estimate of drug-likeness (QED) is 0.656. The van der Waals surface area contributed by atoms with Crippen LogP contribution in [-0.4, -0.2) is 9.78 Å². The second kappa shape index (κ2) is 6.73. The van der Waals surface area contributed by atoms with E-state index in [1.165, 1.54) is 43.2 Å². The van der Waals surface area contributed by atoms with Gasteiger partial charge in [-0.25, -0.2) is 0 Å². The molecular formula is C16H24N4S. The lowest BCUT2D eigenvalue weighted by Crippen LogP contribution is -2.30. The van der Waals surface area contributed by atoms with E-state index in [-0.39, 0.29) is 6.04 Å². The molecule has 0 amide bonds. The minimum absolute atomic E-state index is 0.144. The van der Waals surface area contributed by atoms with Gasteiger partial charge >= 0.3 is 0 Å². The van der Waals surface area contributed by atoms with Gasteiger partial charge in [0.1, 0.15) is 0 Å². The largest absolute Gasteiger partial charge is 0.271 e. The van der Waals surface area contributed by atoms with Crippen molar-refractivity contribution in [3.63, 3.8) is 0 Å². The number of aromatic nitrogens is 2. The van der Waals surface area contributed by atoms with Crippen LogP contribution in [0.15, 0.2) is 23.0 Å². The molecule has 0 aromatic carbocycles. The fraction of sp³-hybridized carbons (Fsp3) is 0.562. The number of hydrazine groups is 1. The zero-order valence-electron chi connectivity index (χ0n) is 12.6. The molecule has 3 N–H and O–H groups in total. The molecule has 3 rings (SSSR count). The van der Waals surface area contributed by atoms with Crippen LogP contribution in [0.25, 0.3) is 0 Å². The third-order valence-corrected chi connectivity index (χ3v) is 5.38. The third-order valence-electron chi connectivity index (χ3n) is 4.50. The molecule has 2 aromatic heterocycles. The first-order valence-electron chi connectivity index (χ1n) is 7.81. The average molecular weight is 304 g/mol. The maximum atomic E-state index is 5.75. The number of thiophene rings is 1. The van der Waals surface area contributed by atoms with Crippen molar-refractivity contribution in [3.05, 3.63) is 39.8 Å². The first-order valence-corrected chi connectivity index (χ1v) is 8.75. The van der Waals surface area contributed by atoms with E-state index in [2.05, 4.69) is 40.1 Å². The number of hydrogen-bond donors (Lipinski definition) is 2. The Morgan fingerprint density at radius 2 is 2.19 bits per heavy atom. The van der Waals surface area contributed by atoms with Crippen LogP contribution in [0.1, 0.15) is 61.0 Å². The Balaban J connectivity index is 1.69. The van der Waals surface area contributed by atoms with Crippen molar-refractivity contribution in [3.8, 4) is 0 Å². The highest BCUT2D eigenvalue weighted by molar-refractivity contribution is 7.08. The lowest BCUT2D eigenvalue weighted by molar-refractivity contribution is 0.327. The summed E-state index contributed by atoms with van der Waals surface area (Å²) in [6.45, 7) is 2.14. The highest BCUT2D eigenvalue weighted by atomic mass is 32.1. The maximum Gasteiger partial charge on any atom is 0.0644 e. The highest BCUT2D eigenvalue weighted by Crippen LogP contribution is 2.28. The minimum atomic E-state index is 0.144. The Hall–Kier alpha value is -1.17. The van der Waals surface area contributed by atoms with Crippen LogP contribution >= 0.6 is 11.3 Å². The molecule has 1 aliphatic carbocycles. The monoisotopic (exact) mass is 304 g/mol. The van der Waals surface area contributed by atoms with Crippen molar-refractivity contribution < 1.29 is 0 Å². The van der Waals surface area contributed by atoms with E-state index in [1.807, 2.05) is 0 Å². The zero-order valence-corrected chi connectivity index (χ0v) is 13.4. The summed E-state index contributed by atoms with van der Waals surface area (Å²) in [5.74, 6) is 5.75. The summed E-state index contributed by atoms with van der Waals surface area (Å²) < 4.78 is 2.17. The summed E-state index contributed by atoms with van der Waals surface area (Å²) in [5.41, 5.74) is 6.65. The van der Waals surface area contributed by atoms with E-state index in [4.69, 9.17) is 10.9 Å². The van der Waals surface area contributed by atoms with Gasteiger partial charge in [0.15, 0.2) is 0 Å². The van der Waals surface area contributed by atoms with Crippen molar-refractivity contribution in [2.75, 3.05) is 0 Å². The van der Waals surface area contributed by atoms with Gasteiger partial charge in [-0.05, 0) is 47.7 Å². The van der Waals surface area contributed by atoms with Gasteiger partial charge in [0, 0.05) is 12.6 Å². The Kier molecular flexibility index (Phi) is 4.73. The summed E-state index contributed by atoms with van der Waals surface area (Å²) in [6, 6.07) is 2.88. The highest BCUT2D eigenvalue weighted by Gasteiger charge is 2.18. The Bertz CT molecular complexity index is 568. The standard InChI is InChI=1S/C16H24N4S/c1-12-10-21-11-15(12)16(18-17)9-13-7-8-20(19-13)14-5-3-2-4-6-14/h7-8,10-11,14,16,18H,2-6,9,17H2,1H3. The molecule has 21 heavy (non-hydrogen) atoms. The van der Waals surface area contributed by atoms with Crippen LogP contribution in [-0.2, 0) is 6.42 Å². The SMILES string of the molecule is Cc1cscc1C(Cc1ccn(C2CCCCC2)n1)NN. The molecule has 4 nitrogen and oxygen atoms in total. The van der Waals surface area contributed by atoms with Gasteiger partial charge in [-0.3, -0.25) is 16.0 Å². The molecule has 1 saturated carbocycles. The fourth-order valence-corrected chi connectivity index (χ4v) is 4.14. The number of nitrogens with one attached hydrogen (secondary N) is 1. The Morgan fingerprint density at radius 1 is 1.38 bits per heavy atom. The number of rotatable bonds is 5. The molecule has 1 fully saturated rings. The van der Waals surface area contributed by atoms with E-state index in [9.17, 15) is 0 Å². The second-order valence-electron chi connectivity index (χ2n) is 6.01. The third kappa shape index (κ3) is 3.36. The summed E-state index contributed by atoms with van der Waals surface area (Å²) in [6.07, 6.45) is 9.56. The average Bonchev–Trinajstić information content (AvgIpc) is 3.15. The zero-order chi connectivity index (χ0) is 14.7. The second-order valence-corrected chi connectivity index (χ2v) is 6.76. The summed E-state index contributed by atoms with van der Waals surface area (Å²) >= 11 is 1.73. The van der Waals surface area contributed by atoms with Gasteiger partial charge in [0.2, 0.25) is 0 Å². The topological polar surface area (TPSA) is 55.9 Å². The lowest BCUT2D eigenvalue weighted by Gasteiger charge is -2.22. The molecule has 1 aliphatic rings. The van der Waals surface area contributed by atoms with Crippen LogP contribution < -0.4 is 11.3 Å². The summed E-state index contributed by atoms with van der Waals surface area (Å²) in [5, 5.41) is 9.13. The predicted octanol–water partition coefficient (Wildman–Crippen LogP) is 3.51. The van der Waals surface area contributed by atoms with Crippen molar-refractivity contribution >= 4 is 11.3 Å². The molecule has 0 radical (unpaired) electrons. The Labute approximate surface area is 130 Å². The van der Waals surface area contributed by atoms with Gasteiger partial charge < -0.3 is 0 Å². The molecule has 0 bridgehead atoms. The number of nitrogens with zero attached hydrogens (tertiary/aromatic N) is 2. The van der Waals surface area contributed by atoms with Crippen LogP contribution in [0.3, 0.4) is 0 Å². The smallest absolute Gasteiger partial charge is 0.0644 e. The number of nitrogens with two attached hydrogens (primary N) is 1. The minimum Gasteiger partial charge on any atom is -0.271 e. The summed E-state index contributed by atoms with van der Waals surface area (Å²) in [4.78, 5) is 0. The first-order chi connectivity index (χ1) is 10.3. The molecule has 2 aromatic rings. The van der Waals surface area contributed by atoms with Gasteiger partial charge in [-0.1, -0.05) is 19.3 Å². The molecule has 0 spiro atoms. The molecule has 5 heteroatoms. The molecule has 1 atom stereocenters. The normalized spacial score (nSPS) is 18.0.